The van der Waals surface area contributed by atoms with Crippen molar-refractivity contribution in [1.29, 1.82) is 0 Å². The Morgan fingerprint density at radius 1 is 0.933 bits per heavy atom. The van der Waals surface area contributed by atoms with Gasteiger partial charge < -0.3 is 10.1 Å². The maximum atomic E-state index is 13.0. The molecule has 0 saturated carbocycles. The van der Waals surface area contributed by atoms with Crippen LogP contribution in [0, 0.1) is 13.8 Å². The molecule has 7 heteroatoms. The van der Waals surface area contributed by atoms with E-state index in [4.69, 9.17) is 4.74 Å². The van der Waals surface area contributed by atoms with Gasteiger partial charge in [0.15, 0.2) is 0 Å². The highest BCUT2D eigenvalue weighted by atomic mass is 32.2. The number of carbonyl (C=O) groups is 1. The monoisotopic (exact) mass is 424 g/mol. The second-order valence-corrected chi connectivity index (χ2v) is 8.52. The zero-order valence-corrected chi connectivity index (χ0v) is 17.9. The first-order valence-electron chi connectivity index (χ1n) is 9.53. The van der Waals surface area contributed by atoms with Crippen LogP contribution in [0.5, 0.6) is 5.75 Å². The summed E-state index contributed by atoms with van der Waals surface area (Å²) in [6.07, 6.45) is 0. The fraction of sp³-hybridized carbons (Fsp3) is 0.174. The molecule has 3 rings (SSSR count). The van der Waals surface area contributed by atoms with Crippen LogP contribution >= 0.6 is 0 Å². The van der Waals surface area contributed by atoms with E-state index in [1.54, 1.807) is 36.4 Å². The molecule has 0 aliphatic heterocycles. The summed E-state index contributed by atoms with van der Waals surface area (Å²) in [6.45, 7) is 5.92. The van der Waals surface area contributed by atoms with Crippen LogP contribution in [-0.4, -0.2) is 20.9 Å². The fourth-order valence-corrected chi connectivity index (χ4v) is 4.04. The molecule has 3 aromatic carbocycles. The number of aryl methyl sites for hydroxylation is 2. The van der Waals surface area contributed by atoms with Gasteiger partial charge in [0, 0.05) is 5.56 Å². The normalized spacial score (nSPS) is 11.0. The number of hydrogen-bond acceptors (Lipinski definition) is 4. The van der Waals surface area contributed by atoms with Gasteiger partial charge in [0.1, 0.15) is 5.75 Å². The van der Waals surface area contributed by atoms with E-state index in [1.807, 2.05) is 39.0 Å². The minimum absolute atomic E-state index is 0.0234. The van der Waals surface area contributed by atoms with Crippen molar-refractivity contribution in [3.05, 3.63) is 83.4 Å². The van der Waals surface area contributed by atoms with Crippen molar-refractivity contribution in [3.63, 3.8) is 0 Å². The van der Waals surface area contributed by atoms with E-state index in [0.29, 0.717) is 23.6 Å². The van der Waals surface area contributed by atoms with Crippen LogP contribution in [0.1, 0.15) is 28.4 Å². The minimum Gasteiger partial charge on any atom is -0.492 e. The molecule has 0 aliphatic rings. The Hall–Kier alpha value is -3.32. The summed E-state index contributed by atoms with van der Waals surface area (Å²) in [6, 6.07) is 18.6. The van der Waals surface area contributed by atoms with Gasteiger partial charge in [-0.15, -0.1) is 0 Å². The molecule has 2 N–H and O–H groups in total. The van der Waals surface area contributed by atoms with Crippen LogP contribution in [0.4, 0.5) is 11.4 Å². The lowest BCUT2D eigenvalue weighted by atomic mass is 10.1. The molecule has 0 fully saturated rings. The Morgan fingerprint density at radius 2 is 1.67 bits per heavy atom. The van der Waals surface area contributed by atoms with Crippen molar-refractivity contribution in [1.82, 2.24) is 0 Å². The van der Waals surface area contributed by atoms with Crippen molar-refractivity contribution in [2.45, 2.75) is 25.7 Å². The number of amides is 1. The highest BCUT2D eigenvalue weighted by molar-refractivity contribution is 7.92. The Morgan fingerprint density at radius 3 is 2.37 bits per heavy atom. The van der Waals surface area contributed by atoms with Crippen molar-refractivity contribution >= 4 is 27.3 Å². The summed E-state index contributed by atoms with van der Waals surface area (Å²) >= 11 is 0. The molecule has 0 saturated heterocycles. The number of hydrogen-bond donors (Lipinski definition) is 2. The molecule has 1 amide bonds. The van der Waals surface area contributed by atoms with Gasteiger partial charge in [-0.1, -0.05) is 30.3 Å². The summed E-state index contributed by atoms with van der Waals surface area (Å²) in [7, 11) is -3.86. The van der Waals surface area contributed by atoms with Gasteiger partial charge in [-0.3, -0.25) is 9.52 Å². The fourth-order valence-electron chi connectivity index (χ4n) is 2.89. The number of carbonyl (C=O) groups excluding carboxylic acids is 1. The summed E-state index contributed by atoms with van der Waals surface area (Å²) in [5.74, 6) is 0.0426. The van der Waals surface area contributed by atoms with E-state index < -0.39 is 10.0 Å². The maximum Gasteiger partial charge on any atom is 0.261 e. The average Bonchev–Trinajstić information content (AvgIpc) is 2.72. The zero-order chi connectivity index (χ0) is 21.7. The van der Waals surface area contributed by atoms with Crippen LogP contribution in [0.3, 0.4) is 0 Å². The first kappa shape index (κ1) is 21.4. The lowest BCUT2D eigenvalue weighted by Gasteiger charge is -2.15. The molecule has 0 heterocycles. The van der Waals surface area contributed by atoms with E-state index >= 15 is 0 Å². The molecule has 0 unspecified atom stereocenters. The number of ether oxygens (including phenoxy) is 1. The van der Waals surface area contributed by atoms with Crippen LogP contribution in [-0.2, 0) is 10.0 Å². The number of nitrogens with one attached hydrogen (secondary N) is 2. The molecule has 0 atom stereocenters. The molecule has 0 aromatic heterocycles. The summed E-state index contributed by atoms with van der Waals surface area (Å²) in [4.78, 5) is 12.6. The lowest BCUT2D eigenvalue weighted by Crippen LogP contribution is -2.16. The van der Waals surface area contributed by atoms with Crippen LogP contribution < -0.4 is 14.8 Å². The summed E-state index contributed by atoms with van der Waals surface area (Å²) < 4.78 is 34.1. The third-order valence-corrected chi connectivity index (χ3v) is 5.85. The SMILES string of the molecule is CCOc1ccc(S(=O)(=O)Nc2cc(C)ccc2C)cc1NC(=O)c1ccccc1. The number of anilines is 2. The molecule has 0 spiro atoms. The maximum absolute atomic E-state index is 13.0. The molecule has 0 aliphatic carbocycles. The third kappa shape index (κ3) is 4.99. The van der Waals surface area contributed by atoms with Gasteiger partial charge in [0.25, 0.3) is 15.9 Å². The van der Waals surface area contributed by atoms with E-state index in [-0.39, 0.29) is 16.5 Å². The van der Waals surface area contributed by atoms with Gasteiger partial charge in [-0.05, 0) is 68.3 Å². The average molecular weight is 425 g/mol. The molecule has 0 bridgehead atoms. The zero-order valence-electron chi connectivity index (χ0n) is 17.1. The third-order valence-electron chi connectivity index (χ3n) is 4.48. The molecule has 0 radical (unpaired) electrons. The Kier molecular flexibility index (Phi) is 6.42. The molecule has 30 heavy (non-hydrogen) atoms. The van der Waals surface area contributed by atoms with Crippen molar-refractivity contribution in [2.24, 2.45) is 0 Å². The van der Waals surface area contributed by atoms with Gasteiger partial charge in [0.2, 0.25) is 0 Å². The molecule has 6 nitrogen and oxygen atoms in total. The number of sulfonamides is 1. The smallest absolute Gasteiger partial charge is 0.261 e. The second-order valence-electron chi connectivity index (χ2n) is 6.84. The predicted octanol–water partition coefficient (Wildman–Crippen LogP) is 4.76. The number of rotatable bonds is 7. The molecule has 3 aromatic rings. The van der Waals surface area contributed by atoms with Crippen LogP contribution in [0.25, 0.3) is 0 Å². The summed E-state index contributed by atoms with van der Waals surface area (Å²) in [5, 5.41) is 2.75. The molecular weight excluding hydrogens is 400 g/mol. The van der Waals surface area contributed by atoms with Gasteiger partial charge in [0.05, 0.1) is 22.9 Å². The first-order chi connectivity index (χ1) is 14.3. The van der Waals surface area contributed by atoms with E-state index in [9.17, 15) is 13.2 Å². The summed E-state index contributed by atoms with van der Waals surface area (Å²) in [5.41, 5.74) is 3.02. The van der Waals surface area contributed by atoms with Crippen molar-refractivity contribution < 1.29 is 17.9 Å². The Labute approximate surface area is 177 Å². The number of benzene rings is 3. The predicted molar refractivity (Wildman–Crippen MR) is 119 cm³/mol. The van der Waals surface area contributed by atoms with Gasteiger partial charge in [-0.2, -0.15) is 0 Å². The van der Waals surface area contributed by atoms with Crippen molar-refractivity contribution in [2.75, 3.05) is 16.6 Å². The first-order valence-corrected chi connectivity index (χ1v) is 11.0. The Bertz CT molecular complexity index is 1160. The minimum atomic E-state index is -3.86. The standard InChI is InChI=1S/C23H24N2O4S/c1-4-29-22-13-12-19(15-21(22)24-23(26)18-8-6-5-7-9-18)30(27,28)25-20-14-16(2)10-11-17(20)3/h5-15,25H,4H2,1-3H3,(H,24,26). The topological polar surface area (TPSA) is 84.5 Å². The Balaban J connectivity index is 1.94. The van der Waals surface area contributed by atoms with E-state index in [0.717, 1.165) is 11.1 Å². The quantitative estimate of drug-likeness (QED) is 0.573. The van der Waals surface area contributed by atoms with E-state index in [2.05, 4.69) is 10.0 Å². The van der Waals surface area contributed by atoms with Crippen LogP contribution in [0.2, 0.25) is 0 Å². The second kappa shape index (κ2) is 9.00. The van der Waals surface area contributed by atoms with Gasteiger partial charge in [-0.25, -0.2) is 8.42 Å². The molecular formula is C23H24N2O4S. The molecule has 156 valence electrons. The highest BCUT2D eigenvalue weighted by Crippen LogP contribution is 2.30. The lowest BCUT2D eigenvalue weighted by molar-refractivity contribution is 0.102. The largest absolute Gasteiger partial charge is 0.492 e. The van der Waals surface area contributed by atoms with Gasteiger partial charge >= 0.3 is 0 Å². The van der Waals surface area contributed by atoms with Crippen LogP contribution in [0.15, 0.2) is 71.6 Å². The van der Waals surface area contributed by atoms with E-state index in [1.165, 1.54) is 12.1 Å². The highest BCUT2D eigenvalue weighted by Gasteiger charge is 2.19. The van der Waals surface area contributed by atoms with Crippen molar-refractivity contribution in [3.8, 4) is 5.75 Å².